The van der Waals surface area contributed by atoms with E-state index in [2.05, 4.69) is 4.98 Å². The Morgan fingerprint density at radius 1 is 1.70 bits per heavy atom. The van der Waals surface area contributed by atoms with Crippen LogP contribution in [0.3, 0.4) is 0 Å². The van der Waals surface area contributed by atoms with Crippen molar-refractivity contribution in [1.29, 1.82) is 0 Å². The zero-order chi connectivity index (χ0) is 7.78. The highest BCUT2D eigenvalue weighted by Gasteiger charge is 2.14. The van der Waals surface area contributed by atoms with Crippen molar-refractivity contribution in [3.8, 4) is 0 Å². The molecule has 0 unspecified atom stereocenters. The minimum Gasteiger partial charge on any atom is -0.232 e. The Labute approximate surface area is 65.7 Å². The number of halogens is 2. The fourth-order valence-electron chi connectivity index (χ4n) is 0.352. The maximum atomic E-state index is 12.0. The summed E-state index contributed by atoms with van der Waals surface area (Å²) in [6, 6.07) is 0. The Kier molecular flexibility index (Phi) is 1.93. The van der Waals surface area contributed by atoms with Crippen LogP contribution in [-0.4, -0.2) is 13.4 Å². The number of hydrogen-bond acceptors (Lipinski definition) is 4. The monoisotopic (exact) mass is 201 g/mol. The molecule has 10 heavy (non-hydrogen) atoms. The van der Waals surface area contributed by atoms with Gasteiger partial charge in [-0.15, -0.1) is 0 Å². The fourth-order valence-corrected chi connectivity index (χ4v) is 1.98. The van der Waals surface area contributed by atoms with Crippen molar-refractivity contribution in [2.75, 3.05) is 0 Å². The minimum atomic E-state index is -4.61. The first-order valence-electron chi connectivity index (χ1n) is 2.06. The first-order chi connectivity index (χ1) is 4.50. The predicted molar refractivity (Wildman–Crippen MR) is 35.4 cm³/mol. The van der Waals surface area contributed by atoms with E-state index in [0.717, 1.165) is 6.20 Å². The molecule has 0 aliphatic heterocycles. The highest BCUT2D eigenvalue weighted by atomic mass is 35.5. The average molecular weight is 202 g/mol. The van der Waals surface area contributed by atoms with E-state index in [-0.39, 0.29) is 4.47 Å². The normalized spacial score (nSPS) is 11.8. The topological polar surface area (TPSA) is 47.0 Å². The number of aromatic nitrogens is 1. The zero-order valence-corrected chi connectivity index (χ0v) is 6.80. The molecule has 0 amide bonds. The molecule has 56 valence electrons. The molecule has 1 aromatic heterocycles. The molecule has 1 aromatic rings. The maximum absolute atomic E-state index is 12.0. The zero-order valence-electron chi connectivity index (χ0n) is 4.41. The Morgan fingerprint density at radius 3 is 2.50 bits per heavy atom. The molecular weight excluding hydrogens is 201 g/mol. The third-order valence-electron chi connectivity index (χ3n) is 0.697. The molecular formula is C3HClFNO2S2. The van der Waals surface area contributed by atoms with Crippen LogP contribution in [0.15, 0.2) is 10.4 Å². The lowest BCUT2D eigenvalue weighted by Crippen LogP contribution is -1.85. The standard InChI is InChI=1S/C3HClFNO2S2/c4-3-6-1-2(9-3)10(5,7)8/h1H. The quantitative estimate of drug-likeness (QED) is 0.647. The van der Waals surface area contributed by atoms with E-state index >= 15 is 0 Å². The molecule has 0 saturated heterocycles. The number of rotatable bonds is 1. The Hall–Kier alpha value is -0.200. The number of nitrogens with zero attached hydrogens (tertiary/aromatic N) is 1. The molecule has 7 heteroatoms. The summed E-state index contributed by atoms with van der Waals surface area (Å²) in [6.45, 7) is 0. The van der Waals surface area contributed by atoms with E-state index in [1.54, 1.807) is 0 Å². The van der Waals surface area contributed by atoms with Crippen LogP contribution < -0.4 is 0 Å². The highest BCUT2D eigenvalue weighted by Crippen LogP contribution is 2.23. The van der Waals surface area contributed by atoms with E-state index in [0.29, 0.717) is 11.3 Å². The molecule has 1 rings (SSSR count). The summed E-state index contributed by atoms with van der Waals surface area (Å²) in [5.74, 6) is 0. The molecule has 0 bridgehead atoms. The van der Waals surface area contributed by atoms with Crippen LogP contribution in [0.2, 0.25) is 4.47 Å². The van der Waals surface area contributed by atoms with Crippen LogP contribution in [0.25, 0.3) is 0 Å². The molecule has 0 saturated carbocycles. The first-order valence-corrected chi connectivity index (χ1v) is 4.64. The van der Waals surface area contributed by atoms with E-state index in [1.165, 1.54) is 0 Å². The summed E-state index contributed by atoms with van der Waals surface area (Å²) in [5, 5.41) is 0. The van der Waals surface area contributed by atoms with Crippen molar-refractivity contribution < 1.29 is 12.3 Å². The average Bonchev–Trinajstić information content (AvgIpc) is 2.11. The van der Waals surface area contributed by atoms with Crippen LogP contribution in [0, 0.1) is 0 Å². The van der Waals surface area contributed by atoms with Gasteiger partial charge in [0.05, 0.1) is 6.20 Å². The van der Waals surface area contributed by atoms with E-state index in [1.807, 2.05) is 0 Å². The second-order valence-corrected chi connectivity index (χ2v) is 4.56. The maximum Gasteiger partial charge on any atom is 0.343 e. The predicted octanol–water partition coefficient (Wildman–Crippen LogP) is 1.45. The molecule has 0 fully saturated rings. The van der Waals surface area contributed by atoms with Gasteiger partial charge in [-0.25, -0.2) is 4.98 Å². The molecule has 0 aromatic carbocycles. The number of hydrogen-bond donors (Lipinski definition) is 0. The van der Waals surface area contributed by atoms with Gasteiger partial charge in [0.2, 0.25) is 0 Å². The van der Waals surface area contributed by atoms with Gasteiger partial charge >= 0.3 is 10.2 Å². The van der Waals surface area contributed by atoms with Gasteiger partial charge in [-0.05, 0) is 0 Å². The number of thiazole rings is 1. The van der Waals surface area contributed by atoms with E-state index in [4.69, 9.17) is 11.6 Å². The summed E-state index contributed by atoms with van der Waals surface area (Å²) in [7, 11) is -4.61. The van der Waals surface area contributed by atoms with Gasteiger partial charge in [0.15, 0.2) is 8.68 Å². The van der Waals surface area contributed by atoms with Crippen LogP contribution in [0.5, 0.6) is 0 Å². The van der Waals surface area contributed by atoms with Gasteiger partial charge in [-0.1, -0.05) is 26.8 Å². The molecule has 0 radical (unpaired) electrons. The van der Waals surface area contributed by atoms with Crippen molar-refractivity contribution >= 4 is 33.2 Å². The van der Waals surface area contributed by atoms with Gasteiger partial charge in [-0.3, -0.25) is 0 Å². The van der Waals surface area contributed by atoms with Gasteiger partial charge in [0.25, 0.3) is 0 Å². The lowest BCUT2D eigenvalue weighted by Gasteiger charge is -1.80. The summed E-state index contributed by atoms with van der Waals surface area (Å²) < 4.78 is 31.8. The summed E-state index contributed by atoms with van der Waals surface area (Å²) >= 11 is 5.83. The molecule has 0 aliphatic rings. The second kappa shape index (κ2) is 2.44. The smallest absolute Gasteiger partial charge is 0.232 e. The lowest BCUT2D eigenvalue weighted by molar-refractivity contribution is 0.554. The Balaban J connectivity index is 3.21. The highest BCUT2D eigenvalue weighted by molar-refractivity contribution is 7.88. The van der Waals surface area contributed by atoms with E-state index < -0.39 is 14.4 Å². The minimum absolute atomic E-state index is 0.0104. The Bertz CT molecular complexity index is 332. The van der Waals surface area contributed by atoms with Gasteiger partial charge in [0, 0.05) is 0 Å². The molecule has 0 atom stereocenters. The van der Waals surface area contributed by atoms with Gasteiger partial charge < -0.3 is 0 Å². The summed E-state index contributed by atoms with van der Waals surface area (Å²) in [5.41, 5.74) is 0. The van der Waals surface area contributed by atoms with Crippen LogP contribution in [0.1, 0.15) is 0 Å². The Morgan fingerprint density at radius 2 is 2.30 bits per heavy atom. The summed E-state index contributed by atoms with van der Waals surface area (Å²) in [6.07, 6.45) is 0.877. The molecule has 3 nitrogen and oxygen atoms in total. The molecule has 0 aliphatic carbocycles. The van der Waals surface area contributed by atoms with Crippen molar-refractivity contribution in [1.82, 2.24) is 4.98 Å². The van der Waals surface area contributed by atoms with Crippen LogP contribution >= 0.6 is 22.9 Å². The van der Waals surface area contributed by atoms with Crippen molar-refractivity contribution in [3.05, 3.63) is 10.7 Å². The van der Waals surface area contributed by atoms with Crippen molar-refractivity contribution in [2.45, 2.75) is 4.21 Å². The van der Waals surface area contributed by atoms with E-state index in [9.17, 15) is 12.3 Å². The fraction of sp³-hybridized carbons (Fsp3) is 0. The SMILES string of the molecule is O=S(=O)(F)c1cnc(Cl)s1. The first kappa shape index (κ1) is 7.90. The van der Waals surface area contributed by atoms with Crippen LogP contribution in [-0.2, 0) is 10.2 Å². The van der Waals surface area contributed by atoms with Gasteiger partial charge in [-0.2, -0.15) is 8.42 Å². The van der Waals surface area contributed by atoms with Gasteiger partial charge in [0.1, 0.15) is 0 Å². The lowest BCUT2D eigenvalue weighted by atomic mass is 11.0. The third kappa shape index (κ3) is 1.65. The summed E-state index contributed by atoms with van der Waals surface area (Å²) in [4.78, 5) is 3.35. The van der Waals surface area contributed by atoms with Crippen LogP contribution in [0.4, 0.5) is 3.89 Å². The molecule has 1 heterocycles. The molecule has 0 spiro atoms. The largest absolute Gasteiger partial charge is 0.343 e. The van der Waals surface area contributed by atoms with Crippen molar-refractivity contribution in [3.63, 3.8) is 0 Å². The third-order valence-corrected chi connectivity index (χ3v) is 3.04. The second-order valence-electron chi connectivity index (χ2n) is 1.37. The van der Waals surface area contributed by atoms with Crippen molar-refractivity contribution in [2.24, 2.45) is 0 Å². The molecule has 0 N–H and O–H groups in total.